The van der Waals surface area contributed by atoms with Crippen molar-refractivity contribution in [3.63, 3.8) is 0 Å². The van der Waals surface area contributed by atoms with Crippen LogP contribution in [0.5, 0.6) is 0 Å². The predicted molar refractivity (Wildman–Crippen MR) is 104 cm³/mol. The zero-order valence-corrected chi connectivity index (χ0v) is 17.0. The molecule has 0 saturated carbocycles. The third kappa shape index (κ3) is 4.90. The Kier molecular flexibility index (Phi) is 6.21. The van der Waals surface area contributed by atoms with Crippen LogP contribution in [0, 0.1) is 0 Å². The van der Waals surface area contributed by atoms with Gasteiger partial charge in [0, 0.05) is 17.6 Å². The summed E-state index contributed by atoms with van der Waals surface area (Å²) in [7, 11) is -3.05. The van der Waals surface area contributed by atoms with E-state index < -0.39 is 9.84 Å². The molecule has 27 heavy (non-hydrogen) atoms. The molecular weight excluding hydrogens is 386 g/mol. The van der Waals surface area contributed by atoms with E-state index in [1.807, 2.05) is 44.2 Å². The second-order valence-corrected chi connectivity index (χ2v) is 9.80. The van der Waals surface area contributed by atoms with Crippen molar-refractivity contribution in [3.05, 3.63) is 30.3 Å². The molecule has 0 N–H and O–H groups in total. The molecular formula is C18H23N3O4S2. The topological polar surface area (TPSA) is 93.4 Å². The second kappa shape index (κ2) is 8.43. The summed E-state index contributed by atoms with van der Waals surface area (Å²) in [5, 5.41) is 8.33. The number of benzene rings is 1. The van der Waals surface area contributed by atoms with E-state index in [9.17, 15) is 13.2 Å². The number of aromatic nitrogens is 2. The van der Waals surface area contributed by atoms with Gasteiger partial charge in [-0.1, -0.05) is 36.9 Å². The van der Waals surface area contributed by atoms with Crippen LogP contribution >= 0.6 is 11.8 Å². The third-order valence-corrected chi connectivity index (χ3v) is 7.26. The van der Waals surface area contributed by atoms with Gasteiger partial charge in [-0.3, -0.25) is 4.79 Å². The number of thioether (sulfide) groups is 1. The Bertz CT molecular complexity index is 883. The molecule has 0 unspecified atom stereocenters. The molecule has 1 aromatic carbocycles. The summed E-state index contributed by atoms with van der Waals surface area (Å²) in [5.41, 5.74) is 0.820. The van der Waals surface area contributed by atoms with Gasteiger partial charge in [0.2, 0.25) is 11.8 Å². The van der Waals surface area contributed by atoms with Crippen LogP contribution in [-0.2, 0) is 14.6 Å². The fourth-order valence-electron chi connectivity index (χ4n) is 3.16. The maximum Gasteiger partial charge on any atom is 0.277 e. The molecule has 0 spiro atoms. The van der Waals surface area contributed by atoms with Gasteiger partial charge in [-0.2, -0.15) is 0 Å². The Labute approximate surface area is 163 Å². The number of amides is 1. The minimum absolute atomic E-state index is 0.0148. The SMILES string of the molecule is CC[C@H](C)N(C(=O)CSc1nnc(-c2ccccc2)o1)[C@H]1CCS(=O)(=O)C1. The number of nitrogens with zero attached hydrogens (tertiary/aromatic N) is 3. The number of carbonyl (C=O) groups is 1. The van der Waals surface area contributed by atoms with E-state index in [0.29, 0.717) is 17.5 Å². The van der Waals surface area contributed by atoms with Gasteiger partial charge in [0.15, 0.2) is 9.84 Å². The molecule has 2 atom stereocenters. The van der Waals surface area contributed by atoms with Crippen molar-refractivity contribution in [3.8, 4) is 11.5 Å². The van der Waals surface area contributed by atoms with Crippen molar-refractivity contribution in [2.75, 3.05) is 17.3 Å². The Morgan fingerprint density at radius 2 is 2.07 bits per heavy atom. The summed E-state index contributed by atoms with van der Waals surface area (Å²) in [6, 6.07) is 9.15. The molecule has 1 aromatic heterocycles. The van der Waals surface area contributed by atoms with Gasteiger partial charge in [-0.25, -0.2) is 8.42 Å². The van der Waals surface area contributed by atoms with Crippen LogP contribution in [0.25, 0.3) is 11.5 Å². The highest BCUT2D eigenvalue weighted by Gasteiger charge is 2.36. The molecule has 0 radical (unpaired) electrons. The normalized spacial score (nSPS) is 19.7. The van der Waals surface area contributed by atoms with Gasteiger partial charge >= 0.3 is 0 Å². The Morgan fingerprint density at radius 3 is 2.70 bits per heavy atom. The fraction of sp³-hybridized carbons (Fsp3) is 0.500. The second-order valence-electron chi connectivity index (χ2n) is 6.64. The first-order chi connectivity index (χ1) is 12.9. The molecule has 2 aromatic rings. The van der Waals surface area contributed by atoms with Crippen LogP contribution in [0.1, 0.15) is 26.7 Å². The summed E-state index contributed by atoms with van der Waals surface area (Å²) in [5.74, 6) is 0.640. The first-order valence-electron chi connectivity index (χ1n) is 8.93. The van der Waals surface area contributed by atoms with Gasteiger partial charge < -0.3 is 9.32 Å². The zero-order chi connectivity index (χ0) is 19.4. The molecule has 2 heterocycles. The summed E-state index contributed by atoms with van der Waals surface area (Å²) >= 11 is 1.18. The lowest BCUT2D eigenvalue weighted by Gasteiger charge is -2.33. The number of hydrogen-bond acceptors (Lipinski definition) is 7. The first-order valence-corrected chi connectivity index (χ1v) is 11.7. The lowest BCUT2D eigenvalue weighted by Crippen LogP contribution is -2.47. The highest BCUT2D eigenvalue weighted by Crippen LogP contribution is 2.26. The molecule has 0 aliphatic carbocycles. The van der Waals surface area contributed by atoms with Crippen molar-refractivity contribution in [1.82, 2.24) is 15.1 Å². The number of hydrogen-bond donors (Lipinski definition) is 0. The van der Waals surface area contributed by atoms with Crippen LogP contribution < -0.4 is 0 Å². The summed E-state index contributed by atoms with van der Waals surface area (Å²) in [4.78, 5) is 14.5. The average molecular weight is 410 g/mol. The standard InChI is InChI=1S/C18H23N3O4S2/c1-3-13(2)21(15-9-10-27(23,24)12-15)16(22)11-26-18-20-19-17(25-18)14-7-5-4-6-8-14/h4-8,13,15H,3,9-12H2,1-2H3/t13-,15-/m0/s1. The molecule has 0 bridgehead atoms. The van der Waals surface area contributed by atoms with Crippen LogP contribution in [0.15, 0.2) is 40.0 Å². The van der Waals surface area contributed by atoms with Crippen molar-refractivity contribution < 1.29 is 17.6 Å². The first kappa shape index (κ1) is 19.9. The van der Waals surface area contributed by atoms with Crippen molar-refractivity contribution in [2.45, 2.75) is 44.0 Å². The van der Waals surface area contributed by atoms with Crippen LogP contribution in [0.2, 0.25) is 0 Å². The van der Waals surface area contributed by atoms with Crippen molar-refractivity contribution in [1.29, 1.82) is 0 Å². The molecule has 1 fully saturated rings. The van der Waals surface area contributed by atoms with Crippen LogP contribution in [0.3, 0.4) is 0 Å². The van der Waals surface area contributed by atoms with E-state index in [1.54, 1.807) is 4.90 Å². The molecule has 1 aliphatic rings. The minimum Gasteiger partial charge on any atom is -0.411 e. The molecule has 3 rings (SSSR count). The van der Waals surface area contributed by atoms with Crippen LogP contribution in [-0.4, -0.2) is 58.8 Å². The predicted octanol–water partition coefficient (Wildman–Crippen LogP) is 2.64. The van der Waals surface area contributed by atoms with Crippen molar-refractivity contribution in [2.24, 2.45) is 0 Å². The summed E-state index contributed by atoms with van der Waals surface area (Å²) < 4.78 is 29.3. The minimum atomic E-state index is -3.05. The van der Waals surface area contributed by atoms with E-state index in [0.717, 1.165) is 12.0 Å². The Balaban J connectivity index is 1.65. The van der Waals surface area contributed by atoms with E-state index in [4.69, 9.17) is 4.42 Å². The average Bonchev–Trinajstić information content (AvgIpc) is 3.27. The number of carbonyl (C=O) groups excluding carboxylic acids is 1. The molecule has 146 valence electrons. The summed E-state index contributed by atoms with van der Waals surface area (Å²) in [6.45, 7) is 3.94. The van der Waals surface area contributed by atoms with Gasteiger partial charge in [-0.15, -0.1) is 10.2 Å². The van der Waals surface area contributed by atoms with Gasteiger partial charge in [-0.05, 0) is 31.9 Å². The summed E-state index contributed by atoms with van der Waals surface area (Å²) in [6.07, 6.45) is 1.27. The van der Waals surface area contributed by atoms with E-state index >= 15 is 0 Å². The number of rotatable bonds is 7. The fourth-order valence-corrected chi connectivity index (χ4v) is 5.51. The number of sulfone groups is 1. The third-order valence-electron chi connectivity index (χ3n) is 4.70. The maximum absolute atomic E-state index is 12.8. The zero-order valence-electron chi connectivity index (χ0n) is 15.4. The van der Waals surface area contributed by atoms with Gasteiger partial charge in [0.25, 0.3) is 5.22 Å². The quantitative estimate of drug-likeness (QED) is 0.649. The Hall–Kier alpha value is -1.87. The van der Waals surface area contributed by atoms with Crippen molar-refractivity contribution >= 4 is 27.5 Å². The van der Waals surface area contributed by atoms with E-state index in [-0.39, 0.29) is 35.2 Å². The smallest absolute Gasteiger partial charge is 0.277 e. The van der Waals surface area contributed by atoms with Gasteiger partial charge in [0.05, 0.1) is 17.3 Å². The monoisotopic (exact) mass is 409 g/mol. The van der Waals surface area contributed by atoms with Gasteiger partial charge in [0.1, 0.15) is 0 Å². The lowest BCUT2D eigenvalue weighted by atomic mass is 10.1. The molecule has 9 heteroatoms. The van der Waals surface area contributed by atoms with E-state index in [1.165, 1.54) is 11.8 Å². The lowest BCUT2D eigenvalue weighted by molar-refractivity contribution is -0.132. The van der Waals surface area contributed by atoms with Crippen LogP contribution in [0.4, 0.5) is 0 Å². The molecule has 7 nitrogen and oxygen atoms in total. The highest BCUT2D eigenvalue weighted by molar-refractivity contribution is 7.99. The molecule has 1 saturated heterocycles. The highest BCUT2D eigenvalue weighted by atomic mass is 32.2. The molecule has 1 amide bonds. The maximum atomic E-state index is 12.8. The molecule has 1 aliphatic heterocycles. The largest absolute Gasteiger partial charge is 0.411 e. The van der Waals surface area contributed by atoms with E-state index in [2.05, 4.69) is 10.2 Å². The Morgan fingerprint density at radius 1 is 1.33 bits per heavy atom.